The summed E-state index contributed by atoms with van der Waals surface area (Å²) in [6.07, 6.45) is 6.57. The SMILES string of the molecule is [CH2]CCC(C)/C=C/C. The first-order valence-electron chi connectivity index (χ1n) is 3.23. The fourth-order valence-corrected chi connectivity index (χ4v) is 0.747. The topological polar surface area (TPSA) is 0 Å². The highest BCUT2D eigenvalue weighted by molar-refractivity contribution is 4.82. The van der Waals surface area contributed by atoms with Crippen molar-refractivity contribution in [1.82, 2.24) is 0 Å². The van der Waals surface area contributed by atoms with Crippen LogP contribution in [0.15, 0.2) is 12.2 Å². The normalized spacial score (nSPS) is 14.9. The largest absolute Gasteiger partial charge is 0.0914 e. The molecule has 0 aromatic carbocycles. The van der Waals surface area contributed by atoms with Crippen LogP contribution in [0.1, 0.15) is 26.7 Å². The molecule has 0 saturated heterocycles. The van der Waals surface area contributed by atoms with E-state index in [4.69, 9.17) is 0 Å². The van der Waals surface area contributed by atoms with Crippen LogP contribution in [0.2, 0.25) is 0 Å². The zero-order valence-electron chi connectivity index (χ0n) is 5.85. The van der Waals surface area contributed by atoms with Gasteiger partial charge in [0.05, 0.1) is 0 Å². The quantitative estimate of drug-likeness (QED) is 0.491. The van der Waals surface area contributed by atoms with Gasteiger partial charge in [0.25, 0.3) is 0 Å². The van der Waals surface area contributed by atoms with Gasteiger partial charge in [-0.05, 0) is 19.3 Å². The highest BCUT2D eigenvalue weighted by Gasteiger charge is 1.90. The number of hydrogen-bond donors (Lipinski definition) is 0. The van der Waals surface area contributed by atoms with E-state index in [-0.39, 0.29) is 0 Å². The van der Waals surface area contributed by atoms with Crippen LogP contribution in [0, 0.1) is 12.8 Å². The summed E-state index contributed by atoms with van der Waals surface area (Å²) < 4.78 is 0. The Kier molecular flexibility index (Phi) is 4.73. The molecular formula is C8H15. The highest BCUT2D eigenvalue weighted by atomic mass is 14.0. The third-order valence-corrected chi connectivity index (χ3v) is 1.18. The van der Waals surface area contributed by atoms with E-state index >= 15 is 0 Å². The Balaban J connectivity index is 3.17. The van der Waals surface area contributed by atoms with Crippen LogP contribution in [0.25, 0.3) is 0 Å². The fourth-order valence-electron chi connectivity index (χ4n) is 0.747. The number of hydrogen-bond acceptors (Lipinski definition) is 0. The van der Waals surface area contributed by atoms with Crippen LogP contribution in [0.4, 0.5) is 0 Å². The minimum Gasteiger partial charge on any atom is -0.0914 e. The van der Waals surface area contributed by atoms with E-state index < -0.39 is 0 Å². The van der Waals surface area contributed by atoms with E-state index in [1.807, 2.05) is 0 Å². The van der Waals surface area contributed by atoms with Crippen molar-refractivity contribution < 1.29 is 0 Å². The molecule has 1 unspecified atom stereocenters. The molecule has 0 rings (SSSR count). The Morgan fingerprint density at radius 3 is 2.62 bits per heavy atom. The minimum atomic E-state index is 0.720. The molecule has 1 radical (unpaired) electrons. The average molecular weight is 111 g/mol. The van der Waals surface area contributed by atoms with Gasteiger partial charge in [-0.1, -0.05) is 32.4 Å². The van der Waals surface area contributed by atoms with E-state index in [0.717, 1.165) is 12.3 Å². The molecule has 0 spiro atoms. The van der Waals surface area contributed by atoms with Gasteiger partial charge in [-0.15, -0.1) is 0 Å². The van der Waals surface area contributed by atoms with Gasteiger partial charge in [-0.3, -0.25) is 0 Å². The predicted molar refractivity (Wildman–Crippen MR) is 38.6 cm³/mol. The van der Waals surface area contributed by atoms with Gasteiger partial charge in [0.2, 0.25) is 0 Å². The molecule has 0 aromatic rings. The van der Waals surface area contributed by atoms with Crippen LogP contribution < -0.4 is 0 Å². The van der Waals surface area contributed by atoms with Gasteiger partial charge < -0.3 is 0 Å². The summed E-state index contributed by atoms with van der Waals surface area (Å²) in [5, 5.41) is 0. The summed E-state index contributed by atoms with van der Waals surface area (Å²) >= 11 is 0. The molecule has 47 valence electrons. The zero-order valence-corrected chi connectivity index (χ0v) is 5.85. The summed E-state index contributed by atoms with van der Waals surface area (Å²) in [6.45, 7) is 8.04. The summed E-state index contributed by atoms with van der Waals surface area (Å²) in [4.78, 5) is 0. The van der Waals surface area contributed by atoms with Gasteiger partial charge in [0.1, 0.15) is 0 Å². The predicted octanol–water partition coefficient (Wildman–Crippen LogP) is 2.81. The van der Waals surface area contributed by atoms with Crippen molar-refractivity contribution in [1.29, 1.82) is 0 Å². The van der Waals surface area contributed by atoms with Crippen molar-refractivity contribution in [3.63, 3.8) is 0 Å². The van der Waals surface area contributed by atoms with Crippen molar-refractivity contribution in [2.45, 2.75) is 26.7 Å². The molecule has 0 aliphatic heterocycles. The molecule has 0 heteroatoms. The van der Waals surface area contributed by atoms with Gasteiger partial charge in [0.15, 0.2) is 0 Å². The molecular weight excluding hydrogens is 96.1 g/mol. The summed E-state index contributed by atoms with van der Waals surface area (Å²) in [7, 11) is 0. The zero-order chi connectivity index (χ0) is 6.41. The molecule has 0 fully saturated rings. The average Bonchev–Trinajstić information content (AvgIpc) is 1.68. The molecule has 0 nitrogen and oxygen atoms in total. The van der Waals surface area contributed by atoms with Crippen molar-refractivity contribution in [2.24, 2.45) is 5.92 Å². The maximum atomic E-state index is 3.77. The first-order chi connectivity index (χ1) is 3.81. The molecule has 0 aromatic heterocycles. The lowest BCUT2D eigenvalue weighted by Gasteiger charge is -1.99. The lowest BCUT2D eigenvalue weighted by Crippen LogP contribution is -1.85. The van der Waals surface area contributed by atoms with Gasteiger partial charge in [0, 0.05) is 0 Å². The van der Waals surface area contributed by atoms with Gasteiger partial charge in [-0.25, -0.2) is 0 Å². The summed E-state index contributed by atoms with van der Waals surface area (Å²) in [5.41, 5.74) is 0. The Hall–Kier alpha value is -0.260. The molecule has 1 atom stereocenters. The van der Waals surface area contributed by atoms with Crippen LogP contribution >= 0.6 is 0 Å². The van der Waals surface area contributed by atoms with Crippen LogP contribution in [-0.2, 0) is 0 Å². The smallest absolute Gasteiger partial charge is 0.0262 e. The molecule has 0 N–H and O–H groups in total. The van der Waals surface area contributed by atoms with Crippen molar-refractivity contribution in [3.8, 4) is 0 Å². The Labute approximate surface area is 52.6 Å². The van der Waals surface area contributed by atoms with E-state index in [1.165, 1.54) is 6.42 Å². The van der Waals surface area contributed by atoms with Crippen LogP contribution in [0.5, 0.6) is 0 Å². The number of rotatable bonds is 3. The molecule has 0 amide bonds. The van der Waals surface area contributed by atoms with Gasteiger partial charge in [-0.2, -0.15) is 0 Å². The van der Waals surface area contributed by atoms with Crippen LogP contribution in [-0.4, -0.2) is 0 Å². The second-order valence-corrected chi connectivity index (χ2v) is 2.15. The molecule has 0 saturated carbocycles. The fraction of sp³-hybridized carbons (Fsp3) is 0.625. The van der Waals surface area contributed by atoms with E-state index in [9.17, 15) is 0 Å². The third-order valence-electron chi connectivity index (χ3n) is 1.18. The van der Waals surface area contributed by atoms with Crippen molar-refractivity contribution >= 4 is 0 Å². The summed E-state index contributed by atoms with van der Waals surface area (Å²) in [6, 6.07) is 0. The Morgan fingerprint density at radius 2 is 2.25 bits per heavy atom. The van der Waals surface area contributed by atoms with E-state index in [2.05, 4.69) is 32.9 Å². The second-order valence-electron chi connectivity index (χ2n) is 2.15. The molecule has 0 bridgehead atoms. The van der Waals surface area contributed by atoms with Crippen molar-refractivity contribution in [2.75, 3.05) is 0 Å². The minimum absolute atomic E-state index is 0.720. The number of allylic oxidation sites excluding steroid dienone is 2. The molecule has 0 aliphatic carbocycles. The summed E-state index contributed by atoms with van der Waals surface area (Å²) in [5.74, 6) is 0.720. The first kappa shape index (κ1) is 7.74. The lowest BCUT2D eigenvalue weighted by atomic mass is 10.1. The molecule has 0 aliphatic rings. The second kappa shape index (κ2) is 4.89. The third kappa shape index (κ3) is 3.91. The molecule has 0 heterocycles. The maximum Gasteiger partial charge on any atom is -0.0262 e. The standard InChI is InChI=1S/C8H15/c1-4-6-8(3)7-5-2/h5,7-8H,1,4,6H2,2-3H3/b7-5+. The van der Waals surface area contributed by atoms with Crippen LogP contribution in [0.3, 0.4) is 0 Å². The van der Waals surface area contributed by atoms with E-state index in [1.54, 1.807) is 0 Å². The maximum absolute atomic E-state index is 3.77. The Bertz CT molecular complexity index is 62.4. The first-order valence-corrected chi connectivity index (χ1v) is 3.23. The lowest BCUT2D eigenvalue weighted by molar-refractivity contribution is 0.656. The Morgan fingerprint density at radius 1 is 1.62 bits per heavy atom. The monoisotopic (exact) mass is 111 g/mol. The molecule has 8 heavy (non-hydrogen) atoms. The van der Waals surface area contributed by atoms with E-state index in [0.29, 0.717) is 0 Å². The van der Waals surface area contributed by atoms with Crippen molar-refractivity contribution in [3.05, 3.63) is 19.1 Å². The van der Waals surface area contributed by atoms with Gasteiger partial charge >= 0.3 is 0 Å². The highest BCUT2D eigenvalue weighted by Crippen LogP contribution is 2.04.